The Balaban J connectivity index is 1.44. The molecule has 0 saturated carbocycles. The standard InChI is InChI=1S/C27H25Cl2N5O3/c28-18-13-17(14-19(29)15-18)24-25-20(5-6-30-24)26(33-7-10-36-11-8-33)21(16-31-25)27(35)32-34-9-12-37-23-4-2-1-3-22(23)34/h1,3,5-6,13-16H,2,4,7-12H2,(H,32,35). The number of ether oxygens (including phenoxy) is 2. The number of carbonyl (C=O) groups is 1. The van der Waals surface area contributed by atoms with Gasteiger partial charge in [0.05, 0.1) is 47.9 Å². The Morgan fingerprint density at radius 2 is 1.84 bits per heavy atom. The molecule has 0 bridgehead atoms. The minimum Gasteiger partial charge on any atom is -0.494 e. The summed E-state index contributed by atoms with van der Waals surface area (Å²) < 4.78 is 11.4. The molecule has 37 heavy (non-hydrogen) atoms. The van der Waals surface area contributed by atoms with Crippen LogP contribution in [0.2, 0.25) is 10.0 Å². The van der Waals surface area contributed by atoms with Crippen molar-refractivity contribution in [2.24, 2.45) is 0 Å². The number of benzene rings is 1. The lowest BCUT2D eigenvalue weighted by atomic mass is 10.0. The van der Waals surface area contributed by atoms with Crippen molar-refractivity contribution in [1.29, 1.82) is 0 Å². The zero-order chi connectivity index (χ0) is 25.4. The van der Waals surface area contributed by atoms with Crippen LogP contribution < -0.4 is 10.3 Å². The molecular weight excluding hydrogens is 513 g/mol. The molecule has 0 atom stereocenters. The second-order valence-corrected chi connectivity index (χ2v) is 9.90. The Labute approximate surface area is 224 Å². The van der Waals surface area contributed by atoms with E-state index in [2.05, 4.69) is 21.4 Å². The van der Waals surface area contributed by atoms with Crippen molar-refractivity contribution in [3.63, 3.8) is 0 Å². The van der Waals surface area contributed by atoms with Gasteiger partial charge in [0.15, 0.2) is 0 Å². The highest BCUT2D eigenvalue weighted by Crippen LogP contribution is 2.36. The van der Waals surface area contributed by atoms with Gasteiger partial charge in [-0.1, -0.05) is 29.3 Å². The van der Waals surface area contributed by atoms with Gasteiger partial charge in [0.1, 0.15) is 12.4 Å². The second-order valence-electron chi connectivity index (χ2n) is 9.02. The van der Waals surface area contributed by atoms with Gasteiger partial charge in [-0.3, -0.25) is 25.2 Å². The SMILES string of the molecule is O=C(NN1CCOC2=C1C=CCC2)c1cnc2c(-c3cc(Cl)cc(Cl)c3)nccc2c1N1CCOCC1. The van der Waals surface area contributed by atoms with Gasteiger partial charge in [0, 0.05) is 52.9 Å². The zero-order valence-corrected chi connectivity index (χ0v) is 21.6. The minimum absolute atomic E-state index is 0.229. The fraction of sp³-hybridized carbons (Fsp3) is 0.296. The summed E-state index contributed by atoms with van der Waals surface area (Å²) >= 11 is 12.6. The molecule has 2 aromatic heterocycles. The predicted octanol–water partition coefficient (Wildman–Crippen LogP) is 4.98. The van der Waals surface area contributed by atoms with Gasteiger partial charge in [0.2, 0.25) is 0 Å². The molecule has 0 unspecified atom stereocenters. The van der Waals surface area contributed by atoms with Crippen molar-refractivity contribution < 1.29 is 14.3 Å². The summed E-state index contributed by atoms with van der Waals surface area (Å²) in [6.07, 6.45) is 9.23. The molecule has 1 aromatic carbocycles. The van der Waals surface area contributed by atoms with Crippen LogP contribution in [0.3, 0.4) is 0 Å². The van der Waals surface area contributed by atoms with E-state index in [0.29, 0.717) is 66.3 Å². The third-order valence-electron chi connectivity index (χ3n) is 6.68. The van der Waals surface area contributed by atoms with Crippen LogP contribution in [-0.2, 0) is 9.47 Å². The third-order valence-corrected chi connectivity index (χ3v) is 7.12. The Morgan fingerprint density at radius 3 is 2.65 bits per heavy atom. The molecule has 3 aliphatic rings. The van der Waals surface area contributed by atoms with E-state index < -0.39 is 0 Å². The Hall–Kier alpha value is -3.33. The Kier molecular flexibility index (Phi) is 6.63. The summed E-state index contributed by atoms with van der Waals surface area (Å²) in [5, 5.41) is 3.73. The lowest BCUT2D eigenvalue weighted by Gasteiger charge is -2.35. The number of hydrogen-bond donors (Lipinski definition) is 1. The molecule has 0 spiro atoms. The van der Waals surface area contributed by atoms with E-state index in [1.54, 1.807) is 18.5 Å². The summed E-state index contributed by atoms with van der Waals surface area (Å²) in [5.41, 5.74) is 7.38. The molecule has 2 aliphatic heterocycles. The molecule has 1 fully saturated rings. The Morgan fingerprint density at radius 1 is 1.03 bits per heavy atom. The van der Waals surface area contributed by atoms with Gasteiger partial charge in [-0.2, -0.15) is 0 Å². The highest BCUT2D eigenvalue weighted by atomic mass is 35.5. The van der Waals surface area contributed by atoms with Crippen molar-refractivity contribution in [2.45, 2.75) is 12.8 Å². The Bertz CT molecular complexity index is 1410. The zero-order valence-electron chi connectivity index (χ0n) is 20.0. The molecule has 6 rings (SSSR count). The van der Waals surface area contributed by atoms with Gasteiger partial charge in [-0.15, -0.1) is 0 Å². The molecule has 1 N–H and O–H groups in total. The number of pyridine rings is 2. The normalized spacial score (nSPS) is 17.6. The average Bonchev–Trinajstić information content (AvgIpc) is 2.92. The van der Waals surface area contributed by atoms with Crippen LogP contribution in [0.5, 0.6) is 0 Å². The topological polar surface area (TPSA) is 79.8 Å². The van der Waals surface area contributed by atoms with Crippen LogP contribution in [0.25, 0.3) is 22.2 Å². The van der Waals surface area contributed by atoms with Crippen LogP contribution in [0.1, 0.15) is 23.2 Å². The number of nitrogens with zero attached hydrogens (tertiary/aromatic N) is 4. The molecule has 10 heteroatoms. The molecule has 1 saturated heterocycles. The average molecular weight is 538 g/mol. The van der Waals surface area contributed by atoms with E-state index >= 15 is 0 Å². The summed E-state index contributed by atoms with van der Waals surface area (Å²) in [7, 11) is 0. The number of halogens is 2. The van der Waals surface area contributed by atoms with Crippen LogP contribution in [0.4, 0.5) is 5.69 Å². The first-order chi connectivity index (χ1) is 18.1. The largest absolute Gasteiger partial charge is 0.494 e. The monoisotopic (exact) mass is 537 g/mol. The highest BCUT2D eigenvalue weighted by molar-refractivity contribution is 6.35. The van der Waals surface area contributed by atoms with Gasteiger partial charge >= 0.3 is 0 Å². The summed E-state index contributed by atoms with van der Waals surface area (Å²) in [6, 6.07) is 7.21. The molecule has 4 heterocycles. The van der Waals surface area contributed by atoms with Gasteiger partial charge in [-0.25, -0.2) is 0 Å². The number of fused-ring (bicyclic) bond motifs is 1. The number of hydrogen-bond acceptors (Lipinski definition) is 7. The van der Waals surface area contributed by atoms with Crippen LogP contribution >= 0.6 is 23.2 Å². The molecule has 0 radical (unpaired) electrons. The van der Waals surface area contributed by atoms with Gasteiger partial charge in [-0.05, 0) is 36.8 Å². The van der Waals surface area contributed by atoms with Crippen LogP contribution in [-0.4, -0.2) is 60.3 Å². The summed E-state index contributed by atoms with van der Waals surface area (Å²) in [6.45, 7) is 3.57. The quantitative estimate of drug-likeness (QED) is 0.502. The number of rotatable bonds is 4. The van der Waals surface area contributed by atoms with Crippen LogP contribution in [0, 0.1) is 0 Å². The number of aromatic nitrogens is 2. The number of carbonyl (C=O) groups excluding carboxylic acids is 1. The molecule has 190 valence electrons. The van der Waals surface area contributed by atoms with Gasteiger partial charge in [0.25, 0.3) is 5.91 Å². The maximum atomic E-state index is 13.8. The lowest BCUT2D eigenvalue weighted by molar-refractivity contribution is 0.0689. The number of anilines is 1. The molecule has 1 amide bonds. The van der Waals surface area contributed by atoms with Crippen molar-refractivity contribution in [3.05, 3.63) is 75.9 Å². The number of allylic oxidation sites excluding steroid dienone is 3. The fourth-order valence-electron chi connectivity index (χ4n) is 5.00. The van der Waals surface area contributed by atoms with E-state index in [-0.39, 0.29) is 5.91 Å². The number of morpholine rings is 1. The van der Waals surface area contributed by atoms with Gasteiger partial charge < -0.3 is 14.4 Å². The highest BCUT2D eigenvalue weighted by Gasteiger charge is 2.27. The van der Waals surface area contributed by atoms with Crippen molar-refractivity contribution in [3.8, 4) is 11.3 Å². The van der Waals surface area contributed by atoms with Crippen molar-refractivity contribution >= 4 is 45.7 Å². The van der Waals surface area contributed by atoms with Crippen LogP contribution in [0.15, 0.2) is 60.3 Å². The maximum absolute atomic E-state index is 13.8. The minimum atomic E-state index is -0.229. The van der Waals surface area contributed by atoms with E-state index in [1.807, 2.05) is 29.3 Å². The fourth-order valence-corrected chi connectivity index (χ4v) is 5.53. The first-order valence-electron chi connectivity index (χ1n) is 12.3. The molecular formula is C27H25Cl2N5O3. The molecule has 1 aliphatic carbocycles. The predicted molar refractivity (Wildman–Crippen MR) is 144 cm³/mol. The second kappa shape index (κ2) is 10.2. The summed E-state index contributed by atoms with van der Waals surface area (Å²) in [4.78, 5) is 25.3. The summed E-state index contributed by atoms with van der Waals surface area (Å²) in [5.74, 6) is 0.683. The lowest BCUT2D eigenvalue weighted by Crippen LogP contribution is -2.46. The maximum Gasteiger partial charge on any atom is 0.273 e. The van der Waals surface area contributed by atoms with E-state index in [9.17, 15) is 4.79 Å². The first kappa shape index (κ1) is 24.0. The smallest absolute Gasteiger partial charge is 0.273 e. The van der Waals surface area contributed by atoms with Crippen molar-refractivity contribution in [1.82, 2.24) is 20.4 Å². The number of amides is 1. The van der Waals surface area contributed by atoms with E-state index in [1.165, 1.54) is 0 Å². The van der Waals surface area contributed by atoms with E-state index in [4.69, 9.17) is 37.7 Å². The third kappa shape index (κ3) is 4.72. The first-order valence-corrected chi connectivity index (χ1v) is 13.0. The van der Waals surface area contributed by atoms with Crippen molar-refractivity contribution in [2.75, 3.05) is 44.4 Å². The number of hydrazine groups is 1. The molecule has 8 nitrogen and oxygen atoms in total. The molecule has 3 aromatic rings. The number of nitrogens with one attached hydrogen (secondary N) is 1. The van der Waals surface area contributed by atoms with E-state index in [0.717, 1.165) is 40.9 Å².